The molecule has 0 unspecified atom stereocenters. The summed E-state index contributed by atoms with van der Waals surface area (Å²) >= 11 is 6.50. The van der Waals surface area contributed by atoms with Gasteiger partial charge in [0.25, 0.3) is 0 Å². The van der Waals surface area contributed by atoms with Gasteiger partial charge in [0.2, 0.25) is 5.91 Å². The first-order valence-corrected chi connectivity index (χ1v) is 11.5. The zero-order valence-corrected chi connectivity index (χ0v) is 18.2. The minimum atomic E-state index is 0.134. The van der Waals surface area contributed by atoms with Crippen molar-refractivity contribution in [3.63, 3.8) is 0 Å². The van der Waals surface area contributed by atoms with Gasteiger partial charge in [0.05, 0.1) is 11.2 Å². The molecule has 6 nitrogen and oxygen atoms in total. The van der Waals surface area contributed by atoms with Crippen molar-refractivity contribution in [2.45, 2.75) is 45.4 Å². The smallest absolute Gasteiger partial charge is 0.225 e. The van der Waals surface area contributed by atoms with Crippen LogP contribution >= 0.6 is 11.6 Å². The van der Waals surface area contributed by atoms with Crippen molar-refractivity contribution in [1.29, 1.82) is 0 Å². The number of aromatic nitrogens is 3. The van der Waals surface area contributed by atoms with Crippen LogP contribution in [0.2, 0.25) is 5.02 Å². The first-order valence-electron chi connectivity index (χ1n) is 11.1. The predicted octanol–water partition coefficient (Wildman–Crippen LogP) is 4.46. The van der Waals surface area contributed by atoms with Crippen molar-refractivity contribution in [3.05, 3.63) is 35.0 Å². The number of hydrogen-bond donors (Lipinski definition) is 0. The number of rotatable bonds is 2. The Balaban J connectivity index is 1.40. The first-order chi connectivity index (χ1) is 14.6. The number of hydrogen-bond acceptors (Lipinski definition) is 4. The number of anilines is 1. The summed E-state index contributed by atoms with van der Waals surface area (Å²) in [5.41, 5.74) is 2.49. The Kier molecular flexibility index (Phi) is 5.27. The summed E-state index contributed by atoms with van der Waals surface area (Å²) in [6, 6.07) is 8.21. The maximum atomic E-state index is 13.0. The minimum absolute atomic E-state index is 0.134. The number of amides is 1. The van der Waals surface area contributed by atoms with Crippen molar-refractivity contribution in [1.82, 2.24) is 19.5 Å². The largest absolute Gasteiger partial charge is 0.356 e. The number of nitrogens with zero attached hydrogens (tertiary/aromatic N) is 5. The SMILES string of the molecule is Cc1nn2c(nc(N3CCC(C(=O)N4CCCCCC4)CC3)c3ccccc32)c1Cl. The van der Waals surface area contributed by atoms with E-state index in [2.05, 4.69) is 27.0 Å². The van der Waals surface area contributed by atoms with Gasteiger partial charge < -0.3 is 9.80 Å². The zero-order valence-electron chi connectivity index (χ0n) is 17.5. The van der Waals surface area contributed by atoms with E-state index in [1.54, 1.807) is 0 Å². The van der Waals surface area contributed by atoms with E-state index in [0.29, 0.717) is 16.6 Å². The summed E-state index contributed by atoms with van der Waals surface area (Å²) in [4.78, 5) is 22.4. The Bertz CT molecular complexity index is 1080. The molecule has 0 N–H and O–H groups in total. The number of likely N-dealkylation sites (tertiary alicyclic amines) is 1. The zero-order chi connectivity index (χ0) is 20.7. The monoisotopic (exact) mass is 425 g/mol. The number of aryl methyl sites for hydroxylation is 1. The summed E-state index contributed by atoms with van der Waals surface area (Å²) in [5, 5.41) is 6.25. The second kappa shape index (κ2) is 8.06. The van der Waals surface area contributed by atoms with Crippen LogP contribution in [-0.4, -0.2) is 51.6 Å². The second-order valence-electron chi connectivity index (χ2n) is 8.59. The van der Waals surface area contributed by atoms with E-state index >= 15 is 0 Å². The van der Waals surface area contributed by atoms with Crippen molar-refractivity contribution < 1.29 is 4.79 Å². The molecule has 4 heterocycles. The van der Waals surface area contributed by atoms with Gasteiger partial charge in [0.15, 0.2) is 5.65 Å². The molecule has 2 aliphatic rings. The van der Waals surface area contributed by atoms with Crippen LogP contribution < -0.4 is 4.90 Å². The van der Waals surface area contributed by atoms with Gasteiger partial charge in [0, 0.05) is 37.5 Å². The van der Waals surface area contributed by atoms with Crippen LogP contribution in [0.5, 0.6) is 0 Å². The third-order valence-corrected chi connectivity index (χ3v) is 7.05. The fraction of sp³-hybridized carbons (Fsp3) is 0.522. The molecule has 2 aromatic heterocycles. The molecular weight excluding hydrogens is 398 g/mol. The van der Waals surface area contributed by atoms with Crippen LogP contribution in [0, 0.1) is 12.8 Å². The lowest BCUT2D eigenvalue weighted by Gasteiger charge is -2.35. The van der Waals surface area contributed by atoms with Gasteiger partial charge in [-0.25, -0.2) is 9.50 Å². The third-order valence-electron chi connectivity index (χ3n) is 6.61. The molecule has 0 atom stereocenters. The highest BCUT2D eigenvalue weighted by Gasteiger charge is 2.30. The van der Waals surface area contributed by atoms with Crippen molar-refractivity contribution >= 4 is 39.9 Å². The van der Waals surface area contributed by atoms with Crippen LogP contribution in [0.1, 0.15) is 44.2 Å². The summed E-state index contributed by atoms with van der Waals surface area (Å²) in [5.74, 6) is 1.44. The number of para-hydroxylation sites is 1. The molecular formula is C23H28ClN5O. The number of halogens is 1. The molecule has 2 fully saturated rings. The highest BCUT2D eigenvalue weighted by atomic mass is 35.5. The molecule has 7 heteroatoms. The summed E-state index contributed by atoms with van der Waals surface area (Å²) < 4.78 is 1.84. The van der Waals surface area contributed by atoms with Gasteiger partial charge in [-0.3, -0.25) is 4.79 Å². The molecule has 30 heavy (non-hydrogen) atoms. The van der Waals surface area contributed by atoms with Gasteiger partial charge in [-0.05, 0) is 44.7 Å². The highest BCUT2D eigenvalue weighted by molar-refractivity contribution is 6.34. The molecule has 0 saturated carbocycles. The Morgan fingerprint density at radius 1 is 1.03 bits per heavy atom. The van der Waals surface area contributed by atoms with Crippen molar-refractivity contribution in [3.8, 4) is 0 Å². The average Bonchev–Trinajstić information content (AvgIpc) is 2.95. The normalized spacial score (nSPS) is 18.9. The lowest BCUT2D eigenvalue weighted by Crippen LogP contribution is -2.43. The number of benzene rings is 1. The molecule has 158 valence electrons. The van der Waals surface area contributed by atoms with E-state index in [4.69, 9.17) is 16.6 Å². The Hall–Kier alpha value is -2.34. The molecule has 0 radical (unpaired) electrons. The van der Waals surface area contributed by atoms with E-state index in [1.165, 1.54) is 12.8 Å². The van der Waals surface area contributed by atoms with Gasteiger partial charge in [0.1, 0.15) is 10.8 Å². The van der Waals surface area contributed by atoms with E-state index < -0.39 is 0 Å². The van der Waals surface area contributed by atoms with Gasteiger partial charge in [-0.2, -0.15) is 5.10 Å². The van der Waals surface area contributed by atoms with Crippen LogP contribution in [0.15, 0.2) is 24.3 Å². The molecule has 1 amide bonds. The molecule has 0 bridgehead atoms. The maximum Gasteiger partial charge on any atom is 0.225 e. The molecule has 5 rings (SSSR count). The van der Waals surface area contributed by atoms with Gasteiger partial charge in [-0.1, -0.05) is 36.6 Å². The van der Waals surface area contributed by atoms with E-state index in [0.717, 1.165) is 74.3 Å². The quantitative estimate of drug-likeness (QED) is 0.608. The number of fused-ring (bicyclic) bond motifs is 3. The van der Waals surface area contributed by atoms with Crippen LogP contribution in [0.25, 0.3) is 16.6 Å². The standard InChI is InChI=1S/C23H28ClN5O/c1-16-20(24)22-25-21(18-8-4-5-9-19(18)29(22)26-16)27-14-10-17(11-15-27)23(30)28-12-6-2-3-7-13-28/h4-5,8-9,17H,2-3,6-7,10-15H2,1H3. The number of piperidine rings is 1. The van der Waals surface area contributed by atoms with Gasteiger partial charge >= 0.3 is 0 Å². The van der Waals surface area contributed by atoms with E-state index in [9.17, 15) is 4.79 Å². The Morgan fingerprint density at radius 3 is 2.47 bits per heavy atom. The van der Waals surface area contributed by atoms with Crippen LogP contribution in [0.3, 0.4) is 0 Å². The predicted molar refractivity (Wildman–Crippen MR) is 120 cm³/mol. The first kappa shape index (κ1) is 19.6. The summed E-state index contributed by atoms with van der Waals surface area (Å²) in [6.07, 6.45) is 6.54. The summed E-state index contributed by atoms with van der Waals surface area (Å²) in [7, 11) is 0. The van der Waals surface area contributed by atoms with Gasteiger partial charge in [-0.15, -0.1) is 0 Å². The lowest BCUT2D eigenvalue weighted by molar-refractivity contribution is -0.136. The topological polar surface area (TPSA) is 53.7 Å². The average molecular weight is 426 g/mol. The molecule has 2 aliphatic heterocycles. The fourth-order valence-electron chi connectivity index (χ4n) is 4.90. The Morgan fingerprint density at radius 2 is 1.73 bits per heavy atom. The van der Waals surface area contributed by atoms with Crippen molar-refractivity contribution in [2.24, 2.45) is 5.92 Å². The number of carbonyl (C=O) groups excluding carboxylic acids is 1. The third kappa shape index (κ3) is 3.41. The van der Waals surface area contributed by atoms with Crippen molar-refractivity contribution in [2.75, 3.05) is 31.1 Å². The minimum Gasteiger partial charge on any atom is -0.356 e. The molecule has 0 spiro atoms. The molecule has 0 aliphatic carbocycles. The number of carbonyl (C=O) groups is 1. The van der Waals surface area contributed by atoms with E-state index in [1.807, 2.05) is 23.6 Å². The molecule has 2 saturated heterocycles. The van der Waals surface area contributed by atoms with Crippen LogP contribution in [0.4, 0.5) is 5.82 Å². The second-order valence-corrected chi connectivity index (χ2v) is 8.97. The Labute approximate surface area is 181 Å². The van der Waals surface area contributed by atoms with E-state index in [-0.39, 0.29) is 5.92 Å². The fourth-order valence-corrected chi connectivity index (χ4v) is 5.06. The highest BCUT2D eigenvalue weighted by Crippen LogP contribution is 2.32. The maximum absolute atomic E-state index is 13.0. The lowest BCUT2D eigenvalue weighted by atomic mass is 9.95. The molecule has 1 aromatic carbocycles. The van der Waals surface area contributed by atoms with Crippen LogP contribution in [-0.2, 0) is 4.79 Å². The molecule has 3 aromatic rings. The summed E-state index contributed by atoms with van der Waals surface area (Å²) in [6.45, 7) is 5.44.